The van der Waals surface area contributed by atoms with Gasteiger partial charge in [0.2, 0.25) is 0 Å². The fourth-order valence-corrected chi connectivity index (χ4v) is 2.13. The Bertz CT molecular complexity index is 522. The van der Waals surface area contributed by atoms with Gasteiger partial charge in [0.25, 0.3) is 0 Å². The topological polar surface area (TPSA) is 42.4 Å². The van der Waals surface area contributed by atoms with Gasteiger partial charge in [0.1, 0.15) is 10.8 Å². The number of hydrogen-bond acceptors (Lipinski definition) is 4. The maximum atomic E-state index is 12.0. The molecule has 0 saturated heterocycles. The van der Waals surface area contributed by atoms with E-state index in [1.54, 1.807) is 5.38 Å². The van der Waals surface area contributed by atoms with E-state index >= 15 is 0 Å². The van der Waals surface area contributed by atoms with Crippen LogP contribution in [0.4, 0.5) is 13.2 Å². The highest BCUT2D eigenvalue weighted by Gasteiger charge is 2.30. The summed E-state index contributed by atoms with van der Waals surface area (Å²) in [7, 11) is 0. The molecule has 0 unspecified atom stereocenters. The number of aromatic nitrogens is 1. The summed E-state index contributed by atoms with van der Waals surface area (Å²) in [4.78, 5) is 4.11. The molecule has 0 saturated carbocycles. The molecule has 18 heavy (non-hydrogen) atoms. The average molecular weight is 275 g/mol. The zero-order valence-corrected chi connectivity index (χ0v) is 9.76. The number of alkyl halides is 3. The van der Waals surface area contributed by atoms with Gasteiger partial charge < -0.3 is 9.84 Å². The lowest BCUT2D eigenvalue weighted by Crippen LogP contribution is -2.16. The lowest BCUT2D eigenvalue weighted by Gasteiger charge is -2.08. The number of nitrogens with zero attached hydrogens (tertiary/aromatic N) is 1. The van der Waals surface area contributed by atoms with Gasteiger partial charge in [-0.2, -0.15) is 0 Å². The smallest absolute Gasteiger partial charge is 0.406 e. The molecule has 1 aromatic carbocycles. The van der Waals surface area contributed by atoms with Gasteiger partial charge in [-0.05, 0) is 24.3 Å². The third-order valence-electron chi connectivity index (χ3n) is 2.05. The minimum absolute atomic E-state index is 0.161. The molecule has 96 valence electrons. The Labute approximate surface area is 104 Å². The van der Waals surface area contributed by atoms with Crippen molar-refractivity contribution in [3.63, 3.8) is 0 Å². The predicted molar refractivity (Wildman–Crippen MR) is 60.2 cm³/mol. The first-order chi connectivity index (χ1) is 8.48. The molecule has 1 N–H and O–H groups in total. The van der Waals surface area contributed by atoms with Gasteiger partial charge in [-0.3, -0.25) is 0 Å². The van der Waals surface area contributed by atoms with Crippen molar-refractivity contribution in [1.82, 2.24) is 4.98 Å². The molecular formula is C11H8F3NO2S. The Kier molecular flexibility index (Phi) is 3.53. The van der Waals surface area contributed by atoms with Crippen LogP contribution in [0.25, 0.3) is 10.6 Å². The van der Waals surface area contributed by atoms with E-state index in [1.165, 1.54) is 35.6 Å². The van der Waals surface area contributed by atoms with E-state index in [2.05, 4.69) is 9.72 Å². The summed E-state index contributed by atoms with van der Waals surface area (Å²) in [5.74, 6) is -0.273. The highest BCUT2D eigenvalue weighted by Crippen LogP contribution is 2.28. The normalized spacial score (nSPS) is 11.6. The molecule has 7 heteroatoms. The molecule has 0 spiro atoms. The second-order valence-corrected chi connectivity index (χ2v) is 4.23. The van der Waals surface area contributed by atoms with Crippen molar-refractivity contribution in [2.75, 3.05) is 0 Å². The monoisotopic (exact) mass is 275 g/mol. The fraction of sp³-hybridized carbons (Fsp3) is 0.182. The SMILES string of the molecule is OCc1csc(-c2ccc(OC(F)(F)F)cc2)n1. The van der Waals surface area contributed by atoms with Crippen LogP contribution in [-0.4, -0.2) is 16.5 Å². The number of aliphatic hydroxyl groups excluding tert-OH is 1. The molecule has 0 aliphatic rings. The second kappa shape index (κ2) is 4.95. The van der Waals surface area contributed by atoms with Gasteiger partial charge in [-0.25, -0.2) is 4.98 Å². The first-order valence-electron chi connectivity index (χ1n) is 4.89. The molecule has 1 heterocycles. The summed E-state index contributed by atoms with van der Waals surface area (Å²) < 4.78 is 39.6. The fourth-order valence-electron chi connectivity index (χ4n) is 1.31. The number of hydrogen-bond donors (Lipinski definition) is 1. The molecule has 1 aromatic heterocycles. The summed E-state index contributed by atoms with van der Waals surface area (Å²) in [5, 5.41) is 11.2. The predicted octanol–water partition coefficient (Wildman–Crippen LogP) is 3.20. The minimum Gasteiger partial charge on any atom is -0.406 e. The van der Waals surface area contributed by atoms with Crippen molar-refractivity contribution in [3.05, 3.63) is 35.3 Å². The molecular weight excluding hydrogens is 267 g/mol. The Morgan fingerprint density at radius 2 is 1.89 bits per heavy atom. The molecule has 0 aliphatic heterocycles. The van der Waals surface area contributed by atoms with Crippen LogP contribution in [0, 0.1) is 0 Å². The van der Waals surface area contributed by atoms with Gasteiger partial charge >= 0.3 is 6.36 Å². The van der Waals surface area contributed by atoms with E-state index < -0.39 is 6.36 Å². The van der Waals surface area contributed by atoms with Crippen LogP contribution in [-0.2, 0) is 6.61 Å². The average Bonchev–Trinajstić information content (AvgIpc) is 2.76. The van der Waals surface area contributed by atoms with Crippen LogP contribution >= 0.6 is 11.3 Å². The van der Waals surface area contributed by atoms with E-state index in [0.717, 1.165) is 0 Å². The highest BCUT2D eigenvalue weighted by atomic mass is 32.1. The van der Waals surface area contributed by atoms with E-state index in [4.69, 9.17) is 5.11 Å². The first-order valence-corrected chi connectivity index (χ1v) is 5.77. The summed E-state index contributed by atoms with van der Waals surface area (Å²) in [5.41, 5.74) is 1.21. The van der Waals surface area contributed by atoms with Crippen molar-refractivity contribution in [3.8, 4) is 16.3 Å². The lowest BCUT2D eigenvalue weighted by atomic mass is 10.2. The van der Waals surface area contributed by atoms with Crippen LogP contribution in [0.2, 0.25) is 0 Å². The van der Waals surface area contributed by atoms with Gasteiger partial charge in [-0.15, -0.1) is 24.5 Å². The number of aliphatic hydroxyl groups is 1. The molecule has 0 fully saturated rings. The van der Waals surface area contributed by atoms with E-state index in [-0.39, 0.29) is 12.4 Å². The van der Waals surface area contributed by atoms with Gasteiger partial charge in [-0.1, -0.05) is 0 Å². The van der Waals surface area contributed by atoms with Crippen molar-refractivity contribution in [2.45, 2.75) is 13.0 Å². The van der Waals surface area contributed by atoms with Crippen molar-refractivity contribution < 1.29 is 23.0 Å². The van der Waals surface area contributed by atoms with Crippen molar-refractivity contribution >= 4 is 11.3 Å². The number of rotatable bonds is 3. The van der Waals surface area contributed by atoms with E-state index in [1.807, 2.05) is 0 Å². The summed E-state index contributed by atoms with van der Waals surface area (Å²) >= 11 is 1.31. The third-order valence-corrected chi connectivity index (χ3v) is 2.99. The standard InChI is InChI=1S/C11H8F3NO2S/c12-11(13,14)17-9-3-1-7(2-4-9)10-15-8(5-16)6-18-10/h1-4,6,16H,5H2. The zero-order chi connectivity index (χ0) is 13.2. The molecule has 0 radical (unpaired) electrons. The quantitative estimate of drug-likeness (QED) is 0.935. The largest absolute Gasteiger partial charge is 0.573 e. The Balaban J connectivity index is 2.17. The van der Waals surface area contributed by atoms with Gasteiger partial charge in [0, 0.05) is 10.9 Å². The van der Waals surface area contributed by atoms with E-state index in [0.29, 0.717) is 16.3 Å². The lowest BCUT2D eigenvalue weighted by molar-refractivity contribution is -0.274. The minimum atomic E-state index is -4.69. The van der Waals surface area contributed by atoms with Crippen LogP contribution in [0.5, 0.6) is 5.75 Å². The van der Waals surface area contributed by atoms with E-state index in [9.17, 15) is 13.2 Å². The number of thiazole rings is 1. The maximum absolute atomic E-state index is 12.0. The molecule has 0 aliphatic carbocycles. The molecule has 0 amide bonds. The van der Waals surface area contributed by atoms with Crippen LogP contribution < -0.4 is 4.74 Å². The van der Waals surface area contributed by atoms with Gasteiger partial charge in [0.05, 0.1) is 12.3 Å². The molecule has 3 nitrogen and oxygen atoms in total. The third kappa shape index (κ3) is 3.21. The summed E-state index contributed by atoms with van der Waals surface area (Å²) in [6.07, 6.45) is -4.69. The first kappa shape index (κ1) is 12.8. The molecule has 2 rings (SSSR count). The maximum Gasteiger partial charge on any atom is 0.573 e. The number of benzene rings is 1. The highest BCUT2D eigenvalue weighted by molar-refractivity contribution is 7.13. The van der Waals surface area contributed by atoms with Crippen LogP contribution in [0.3, 0.4) is 0 Å². The van der Waals surface area contributed by atoms with Crippen LogP contribution in [0.15, 0.2) is 29.6 Å². The summed E-state index contributed by atoms with van der Waals surface area (Å²) in [6, 6.07) is 5.42. The van der Waals surface area contributed by atoms with Gasteiger partial charge in [0.15, 0.2) is 0 Å². The zero-order valence-electron chi connectivity index (χ0n) is 8.94. The van der Waals surface area contributed by atoms with Crippen LogP contribution in [0.1, 0.15) is 5.69 Å². The molecule has 0 atom stereocenters. The summed E-state index contributed by atoms with van der Waals surface area (Å²) in [6.45, 7) is -0.161. The second-order valence-electron chi connectivity index (χ2n) is 3.37. The number of halogens is 3. The Hall–Kier alpha value is -1.60. The Morgan fingerprint density at radius 3 is 2.39 bits per heavy atom. The molecule has 0 bridgehead atoms. The Morgan fingerprint density at radius 1 is 1.22 bits per heavy atom. The number of ether oxygens (including phenoxy) is 1. The van der Waals surface area contributed by atoms with Crippen molar-refractivity contribution in [1.29, 1.82) is 0 Å². The molecule has 2 aromatic rings. The van der Waals surface area contributed by atoms with Crippen molar-refractivity contribution in [2.24, 2.45) is 0 Å².